The standard InChI is InChI=1S/C10H13BrN4O3S2/c1-15-6-12-9(14-15)2-3-13-20(17,18)8-4-7(5-16)19-10(8)11/h4,6,13,16H,2-3,5H2,1H3. The number of aliphatic hydroxyl groups is 1. The van der Waals surface area contributed by atoms with E-state index in [0.717, 1.165) is 0 Å². The molecule has 0 amide bonds. The molecule has 0 saturated heterocycles. The molecule has 10 heteroatoms. The molecule has 0 fully saturated rings. The molecule has 2 heterocycles. The largest absolute Gasteiger partial charge is 0.391 e. The highest BCUT2D eigenvalue weighted by molar-refractivity contribution is 9.11. The van der Waals surface area contributed by atoms with Gasteiger partial charge < -0.3 is 5.11 Å². The molecular weight excluding hydrogens is 368 g/mol. The molecule has 0 atom stereocenters. The van der Waals surface area contributed by atoms with Crippen LogP contribution in [0.4, 0.5) is 0 Å². The molecule has 110 valence electrons. The third kappa shape index (κ3) is 3.64. The fourth-order valence-electron chi connectivity index (χ4n) is 1.53. The minimum Gasteiger partial charge on any atom is -0.391 e. The molecule has 0 radical (unpaired) electrons. The first kappa shape index (κ1) is 15.6. The first-order chi connectivity index (χ1) is 9.42. The molecule has 0 aliphatic carbocycles. The zero-order valence-corrected chi connectivity index (χ0v) is 13.8. The first-order valence-corrected chi connectivity index (χ1v) is 8.75. The summed E-state index contributed by atoms with van der Waals surface area (Å²) in [6.45, 7) is 0.0275. The van der Waals surface area contributed by atoms with E-state index in [-0.39, 0.29) is 18.0 Å². The van der Waals surface area contributed by atoms with Crippen molar-refractivity contribution in [1.29, 1.82) is 0 Å². The Morgan fingerprint density at radius 1 is 1.55 bits per heavy atom. The summed E-state index contributed by atoms with van der Waals surface area (Å²) < 4.78 is 28.8. The van der Waals surface area contributed by atoms with Crippen LogP contribution in [0.1, 0.15) is 10.7 Å². The average Bonchev–Trinajstić information content (AvgIpc) is 2.95. The minimum absolute atomic E-state index is 0.139. The highest BCUT2D eigenvalue weighted by Gasteiger charge is 2.20. The molecule has 2 aromatic rings. The van der Waals surface area contributed by atoms with Gasteiger partial charge >= 0.3 is 0 Å². The maximum atomic E-state index is 12.1. The van der Waals surface area contributed by atoms with Crippen LogP contribution in [0, 0.1) is 0 Å². The number of hydrogen-bond acceptors (Lipinski definition) is 6. The molecule has 2 aromatic heterocycles. The molecule has 20 heavy (non-hydrogen) atoms. The molecule has 0 spiro atoms. The van der Waals surface area contributed by atoms with E-state index in [9.17, 15) is 8.42 Å². The fourth-order valence-corrected chi connectivity index (χ4v) is 5.10. The van der Waals surface area contributed by atoms with Crippen molar-refractivity contribution in [3.05, 3.63) is 26.9 Å². The van der Waals surface area contributed by atoms with E-state index in [0.29, 0.717) is 20.9 Å². The summed E-state index contributed by atoms with van der Waals surface area (Å²) in [7, 11) is -1.85. The van der Waals surface area contributed by atoms with Crippen molar-refractivity contribution in [2.75, 3.05) is 6.54 Å². The van der Waals surface area contributed by atoms with Crippen LogP contribution in [0.3, 0.4) is 0 Å². The van der Waals surface area contributed by atoms with Gasteiger partial charge in [0.15, 0.2) is 5.82 Å². The molecule has 0 aliphatic rings. The number of thiophene rings is 1. The summed E-state index contributed by atoms with van der Waals surface area (Å²) in [5.74, 6) is 0.579. The Morgan fingerprint density at radius 3 is 2.85 bits per heavy atom. The third-order valence-electron chi connectivity index (χ3n) is 2.44. The van der Waals surface area contributed by atoms with Gasteiger partial charge in [0.2, 0.25) is 10.0 Å². The molecule has 2 N–H and O–H groups in total. The fraction of sp³-hybridized carbons (Fsp3) is 0.400. The van der Waals surface area contributed by atoms with Gasteiger partial charge in [0.1, 0.15) is 11.2 Å². The lowest BCUT2D eigenvalue weighted by molar-refractivity contribution is 0.285. The number of aliphatic hydroxyl groups excluding tert-OH is 1. The summed E-state index contributed by atoms with van der Waals surface area (Å²) in [5, 5.41) is 13.1. The number of hydrogen-bond donors (Lipinski definition) is 2. The van der Waals surface area contributed by atoms with Crippen LogP contribution in [-0.4, -0.2) is 34.8 Å². The van der Waals surface area contributed by atoms with Crippen molar-refractivity contribution < 1.29 is 13.5 Å². The normalized spacial score (nSPS) is 11.9. The predicted octanol–water partition coefficient (Wildman–Crippen LogP) is 0.652. The third-order valence-corrected chi connectivity index (χ3v) is 6.14. The monoisotopic (exact) mass is 380 g/mol. The number of aromatic nitrogens is 3. The second kappa shape index (κ2) is 6.31. The van der Waals surface area contributed by atoms with E-state index in [1.165, 1.54) is 17.4 Å². The van der Waals surface area contributed by atoms with Crippen LogP contribution < -0.4 is 4.72 Å². The Morgan fingerprint density at radius 2 is 2.30 bits per heavy atom. The Kier molecular flexibility index (Phi) is 4.91. The van der Waals surface area contributed by atoms with E-state index in [2.05, 4.69) is 30.7 Å². The van der Waals surface area contributed by atoms with Gasteiger partial charge in [0.25, 0.3) is 0 Å². The topological polar surface area (TPSA) is 97.1 Å². The number of nitrogens with one attached hydrogen (secondary N) is 1. The van der Waals surface area contributed by atoms with Gasteiger partial charge in [0.05, 0.1) is 10.4 Å². The van der Waals surface area contributed by atoms with Crippen molar-refractivity contribution in [1.82, 2.24) is 19.5 Å². The van der Waals surface area contributed by atoms with Crippen molar-refractivity contribution in [3.63, 3.8) is 0 Å². The van der Waals surface area contributed by atoms with E-state index in [1.54, 1.807) is 18.1 Å². The van der Waals surface area contributed by atoms with Gasteiger partial charge in [-0.3, -0.25) is 4.68 Å². The first-order valence-electron chi connectivity index (χ1n) is 5.65. The van der Waals surface area contributed by atoms with Gasteiger partial charge in [-0.25, -0.2) is 18.1 Å². The average molecular weight is 381 g/mol. The minimum atomic E-state index is -3.60. The molecule has 7 nitrogen and oxygen atoms in total. The van der Waals surface area contributed by atoms with E-state index < -0.39 is 10.0 Å². The molecule has 0 unspecified atom stereocenters. The highest BCUT2D eigenvalue weighted by atomic mass is 79.9. The SMILES string of the molecule is Cn1cnc(CCNS(=O)(=O)c2cc(CO)sc2Br)n1. The van der Waals surface area contributed by atoms with Crippen molar-refractivity contribution in [3.8, 4) is 0 Å². The van der Waals surface area contributed by atoms with Gasteiger partial charge in [-0.2, -0.15) is 5.10 Å². The van der Waals surface area contributed by atoms with E-state index in [4.69, 9.17) is 5.11 Å². The van der Waals surface area contributed by atoms with Gasteiger partial charge in [-0.1, -0.05) is 0 Å². The highest BCUT2D eigenvalue weighted by Crippen LogP contribution is 2.31. The second-order valence-electron chi connectivity index (χ2n) is 3.99. The number of rotatable bonds is 6. The van der Waals surface area contributed by atoms with E-state index >= 15 is 0 Å². The summed E-state index contributed by atoms with van der Waals surface area (Å²) in [6.07, 6.45) is 1.97. The summed E-state index contributed by atoms with van der Waals surface area (Å²) in [5.41, 5.74) is 0. The van der Waals surface area contributed by atoms with Crippen LogP contribution in [0.5, 0.6) is 0 Å². The van der Waals surface area contributed by atoms with Crippen LogP contribution in [-0.2, 0) is 30.1 Å². The Hall–Kier alpha value is -0.810. The van der Waals surface area contributed by atoms with Crippen molar-refractivity contribution in [2.45, 2.75) is 17.9 Å². The number of nitrogens with zero attached hydrogens (tertiary/aromatic N) is 3. The molecule has 0 aliphatic heterocycles. The smallest absolute Gasteiger partial charge is 0.242 e. The van der Waals surface area contributed by atoms with Crippen LogP contribution in [0.2, 0.25) is 0 Å². The van der Waals surface area contributed by atoms with Crippen molar-refractivity contribution >= 4 is 37.3 Å². The summed E-state index contributed by atoms with van der Waals surface area (Å²) in [6, 6.07) is 1.45. The number of halogens is 1. The van der Waals surface area contributed by atoms with Gasteiger partial charge in [-0.15, -0.1) is 11.3 Å². The Labute approximate surface area is 128 Å². The molecule has 0 bridgehead atoms. The Balaban J connectivity index is 2.01. The maximum absolute atomic E-state index is 12.1. The number of sulfonamides is 1. The van der Waals surface area contributed by atoms with Crippen molar-refractivity contribution in [2.24, 2.45) is 7.05 Å². The quantitative estimate of drug-likeness (QED) is 0.766. The lowest BCUT2D eigenvalue weighted by Crippen LogP contribution is -2.26. The lowest BCUT2D eigenvalue weighted by atomic mass is 10.4. The number of aryl methyl sites for hydroxylation is 1. The molecule has 0 saturated carbocycles. The summed E-state index contributed by atoms with van der Waals surface area (Å²) >= 11 is 4.39. The zero-order chi connectivity index (χ0) is 14.8. The van der Waals surface area contributed by atoms with Crippen LogP contribution >= 0.6 is 27.3 Å². The zero-order valence-electron chi connectivity index (χ0n) is 10.6. The van der Waals surface area contributed by atoms with Crippen LogP contribution in [0.15, 0.2) is 21.1 Å². The van der Waals surface area contributed by atoms with E-state index in [1.807, 2.05) is 0 Å². The molecule has 2 rings (SSSR count). The Bertz CT molecular complexity index is 695. The maximum Gasteiger partial charge on any atom is 0.242 e. The lowest BCUT2D eigenvalue weighted by Gasteiger charge is -2.04. The molecule has 0 aromatic carbocycles. The van der Waals surface area contributed by atoms with Gasteiger partial charge in [-0.05, 0) is 22.0 Å². The second-order valence-corrected chi connectivity index (χ2v) is 8.18. The summed E-state index contributed by atoms with van der Waals surface area (Å²) in [4.78, 5) is 4.75. The van der Waals surface area contributed by atoms with Gasteiger partial charge in [0, 0.05) is 24.9 Å². The molecular formula is C10H13BrN4O3S2. The van der Waals surface area contributed by atoms with Crippen LogP contribution in [0.25, 0.3) is 0 Å². The predicted molar refractivity (Wildman–Crippen MR) is 77.8 cm³/mol.